The lowest BCUT2D eigenvalue weighted by atomic mass is 9.88. The summed E-state index contributed by atoms with van der Waals surface area (Å²) in [7, 11) is -0.818. The molecule has 34 heavy (non-hydrogen) atoms. The summed E-state index contributed by atoms with van der Waals surface area (Å²) in [6, 6.07) is 12.7. The molecule has 0 saturated carbocycles. The monoisotopic (exact) mass is 511 g/mol. The SMILES string of the molecule is COc1ccc(C2Oc3cc(Cl)cc(OC(F)F)c3-c3ccc(CS(N)(=O)=O)cc32)cc1OC. The van der Waals surface area contributed by atoms with Gasteiger partial charge in [-0.05, 0) is 35.4 Å². The minimum Gasteiger partial charge on any atom is -0.493 e. The van der Waals surface area contributed by atoms with Crippen molar-refractivity contribution < 1.29 is 36.1 Å². The number of ether oxygens (including phenoxy) is 4. The minimum absolute atomic E-state index is 0.148. The van der Waals surface area contributed by atoms with Crippen molar-refractivity contribution in [3.63, 3.8) is 0 Å². The van der Waals surface area contributed by atoms with Gasteiger partial charge >= 0.3 is 6.61 Å². The Morgan fingerprint density at radius 3 is 2.41 bits per heavy atom. The first-order valence-corrected chi connectivity index (χ1v) is 12.0. The van der Waals surface area contributed by atoms with Crippen LogP contribution in [0.4, 0.5) is 8.78 Å². The molecule has 0 saturated heterocycles. The van der Waals surface area contributed by atoms with Gasteiger partial charge in [0.2, 0.25) is 10.0 Å². The van der Waals surface area contributed by atoms with E-state index in [4.69, 9.17) is 35.7 Å². The van der Waals surface area contributed by atoms with Gasteiger partial charge in [-0.1, -0.05) is 35.9 Å². The summed E-state index contributed by atoms with van der Waals surface area (Å²) in [6.45, 7) is -3.09. The molecular formula is C23H20ClF2NO6S. The lowest BCUT2D eigenvalue weighted by molar-refractivity contribution is -0.0496. The standard InChI is InChI=1S/C23H20ClF2NO6S/c1-30-17-6-4-13(8-18(17)31-2)22-16-7-12(11-34(27,28)29)3-5-15(16)21-19(32-22)9-14(24)10-20(21)33-23(25)26/h3-10,22-23H,11H2,1-2H3,(H2,27,28,29). The van der Waals surface area contributed by atoms with Gasteiger partial charge in [-0.15, -0.1) is 0 Å². The zero-order chi connectivity index (χ0) is 24.6. The molecule has 11 heteroatoms. The van der Waals surface area contributed by atoms with Crippen molar-refractivity contribution in [3.8, 4) is 34.1 Å². The van der Waals surface area contributed by atoms with Crippen LogP contribution in [0.15, 0.2) is 48.5 Å². The molecule has 7 nitrogen and oxygen atoms in total. The van der Waals surface area contributed by atoms with Crippen LogP contribution in [0.5, 0.6) is 23.0 Å². The lowest BCUT2D eigenvalue weighted by Gasteiger charge is -2.31. The fraction of sp³-hybridized carbons (Fsp3) is 0.217. The van der Waals surface area contributed by atoms with Crippen LogP contribution in [-0.2, 0) is 15.8 Å². The van der Waals surface area contributed by atoms with Crippen LogP contribution in [0.3, 0.4) is 0 Å². The Morgan fingerprint density at radius 2 is 1.76 bits per heavy atom. The second-order valence-electron chi connectivity index (χ2n) is 7.50. The Labute approximate surface area is 200 Å². The molecule has 1 atom stereocenters. The van der Waals surface area contributed by atoms with Gasteiger partial charge in [0.15, 0.2) is 11.5 Å². The van der Waals surface area contributed by atoms with Crippen LogP contribution in [0.25, 0.3) is 11.1 Å². The van der Waals surface area contributed by atoms with Crippen LogP contribution in [0.1, 0.15) is 22.8 Å². The summed E-state index contributed by atoms with van der Waals surface area (Å²) >= 11 is 6.15. The molecule has 4 rings (SSSR count). The van der Waals surface area contributed by atoms with Gasteiger partial charge in [-0.3, -0.25) is 0 Å². The van der Waals surface area contributed by atoms with E-state index in [9.17, 15) is 17.2 Å². The maximum atomic E-state index is 13.1. The fourth-order valence-electron chi connectivity index (χ4n) is 3.94. The number of hydrogen-bond acceptors (Lipinski definition) is 6. The normalized spacial score (nSPS) is 14.7. The highest BCUT2D eigenvalue weighted by Gasteiger charge is 2.32. The van der Waals surface area contributed by atoms with E-state index < -0.39 is 28.5 Å². The Hall–Kier alpha value is -3.08. The van der Waals surface area contributed by atoms with Crippen molar-refractivity contribution in [1.82, 2.24) is 0 Å². The smallest absolute Gasteiger partial charge is 0.387 e. The van der Waals surface area contributed by atoms with E-state index in [-0.39, 0.29) is 22.1 Å². The fourth-order valence-corrected chi connectivity index (χ4v) is 4.78. The summed E-state index contributed by atoms with van der Waals surface area (Å²) in [5.74, 6) is 0.608. The van der Waals surface area contributed by atoms with Gasteiger partial charge in [-0.25, -0.2) is 13.6 Å². The van der Waals surface area contributed by atoms with Crippen molar-refractivity contribution in [2.24, 2.45) is 5.14 Å². The third-order valence-corrected chi connectivity index (χ3v) is 6.19. The van der Waals surface area contributed by atoms with E-state index in [1.807, 2.05) is 0 Å². The number of benzene rings is 3. The van der Waals surface area contributed by atoms with Crippen LogP contribution in [0.2, 0.25) is 5.02 Å². The second-order valence-corrected chi connectivity index (χ2v) is 9.55. The molecule has 0 aromatic heterocycles. The summed E-state index contributed by atoms with van der Waals surface area (Å²) in [5, 5.41) is 5.37. The molecule has 1 unspecified atom stereocenters. The number of alkyl halides is 2. The van der Waals surface area contributed by atoms with Gasteiger partial charge in [0.25, 0.3) is 0 Å². The number of halogens is 3. The average molecular weight is 512 g/mol. The van der Waals surface area contributed by atoms with E-state index in [1.54, 1.807) is 36.4 Å². The van der Waals surface area contributed by atoms with E-state index in [0.29, 0.717) is 33.8 Å². The summed E-state index contributed by atoms with van der Waals surface area (Å²) in [6.07, 6.45) is -0.749. The Kier molecular flexibility index (Phi) is 6.57. The van der Waals surface area contributed by atoms with Crippen molar-refractivity contribution >= 4 is 21.6 Å². The Bertz CT molecular complexity index is 1350. The number of sulfonamides is 1. The third kappa shape index (κ3) is 4.89. The van der Waals surface area contributed by atoms with Gasteiger partial charge in [0, 0.05) is 16.1 Å². The lowest BCUT2D eigenvalue weighted by Crippen LogP contribution is -2.19. The first-order chi connectivity index (χ1) is 16.1. The highest BCUT2D eigenvalue weighted by Crippen LogP contribution is 2.51. The average Bonchev–Trinajstić information content (AvgIpc) is 2.76. The van der Waals surface area contributed by atoms with Crippen molar-refractivity contribution in [1.29, 1.82) is 0 Å². The molecule has 1 heterocycles. The maximum absolute atomic E-state index is 13.1. The number of fused-ring (bicyclic) bond motifs is 3. The first kappa shape index (κ1) is 24.1. The Morgan fingerprint density at radius 1 is 1.03 bits per heavy atom. The van der Waals surface area contributed by atoms with Crippen LogP contribution < -0.4 is 24.1 Å². The highest BCUT2D eigenvalue weighted by molar-refractivity contribution is 7.88. The summed E-state index contributed by atoms with van der Waals surface area (Å²) in [5.41, 5.74) is 2.38. The highest BCUT2D eigenvalue weighted by atomic mass is 35.5. The molecule has 0 amide bonds. The van der Waals surface area contributed by atoms with Gasteiger partial charge in [0.05, 0.1) is 25.5 Å². The van der Waals surface area contributed by atoms with Crippen LogP contribution in [-0.4, -0.2) is 29.2 Å². The summed E-state index contributed by atoms with van der Waals surface area (Å²) < 4.78 is 71.3. The molecule has 1 aliphatic rings. The molecule has 0 aliphatic carbocycles. The van der Waals surface area contributed by atoms with Crippen LogP contribution in [0, 0.1) is 0 Å². The topological polar surface area (TPSA) is 97.1 Å². The largest absolute Gasteiger partial charge is 0.493 e. The van der Waals surface area contributed by atoms with E-state index >= 15 is 0 Å². The minimum atomic E-state index is -3.81. The number of rotatable bonds is 7. The van der Waals surface area contributed by atoms with Crippen molar-refractivity contribution in [2.75, 3.05) is 14.2 Å². The second kappa shape index (κ2) is 9.28. The van der Waals surface area contributed by atoms with E-state index in [1.165, 1.54) is 26.4 Å². The summed E-state index contributed by atoms with van der Waals surface area (Å²) in [4.78, 5) is 0. The molecule has 180 valence electrons. The van der Waals surface area contributed by atoms with Crippen molar-refractivity contribution in [2.45, 2.75) is 18.5 Å². The first-order valence-electron chi connectivity index (χ1n) is 9.90. The Balaban J connectivity index is 1.94. The quantitative estimate of drug-likeness (QED) is 0.485. The predicted octanol–water partition coefficient (Wildman–Crippen LogP) is 4.90. The molecule has 0 bridgehead atoms. The molecule has 0 spiro atoms. The number of hydrogen-bond donors (Lipinski definition) is 1. The van der Waals surface area contributed by atoms with Gasteiger partial charge in [-0.2, -0.15) is 8.78 Å². The molecule has 2 N–H and O–H groups in total. The van der Waals surface area contributed by atoms with Gasteiger partial charge in [0.1, 0.15) is 17.6 Å². The predicted molar refractivity (Wildman–Crippen MR) is 122 cm³/mol. The third-order valence-electron chi connectivity index (χ3n) is 5.24. The van der Waals surface area contributed by atoms with Crippen LogP contribution >= 0.6 is 11.6 Å². The molecule has 3 aromatic carbocycles. The zero-order valence-corrected chi connectivity index (χ0v) is 19.6. The number of primary sulfonamides is 1. The molecule has 0 radical (unpaired) electrons. The van der Waals surface area contributed by atoms with E-state index in [2.05, 4.69) is 0 Å². The molecule has 0 fully saturated rings. The number of methoxy groups -OCH3 is 2. The molecule has 3 aromatic rings. The van der Waals surface area contributed by atoms with Gasteiger partial charge < -0.3 is 18.9 Å². The maximum Gasteiger partial charge on any atom is 0.387 e. The molecule has 1 aliphatic heterocycles. The van der Waals surface area contributed by atoms with E-state index in [0.717, 1.165) is 0 Å². The zero-order valence-electron chi connectivity index (χ0n) is 18.0. The van der Waals surface area contributed by atoms with Crippen molar-refractivity contribution in [3.05, 3.63) is 70.2 Å². The number of nitrogens with two attached hydrogens (primary N) is 1. The molecular weight excluding hydrogens is 492 g/mol.